The lowest BCUT2D eigenvalue weighted by Crippen LogP contribution is -2.34. The van der Waals surface area contributed by atoms with Crippen LogP contribution in [0.25, 0.3) is 0 Å². The van der Waals surface area contributed by atoms with Crippen LogP contribution in [0.5, 0.6) is 40.2 Å². The van der Waals surface area contributed by atoms with Crippen molar-refractivity contribution in [2.75, 3.05) is 34.3 Å². The molecule has 0 saturated heterocycles. The first-order valence-corrected chi connectivity index (χ1v) is 14.6. The quantitative estimate of drug-likeness (QED) is 0.239. The Balaban J connectivity index is 1.15. The third-order valence-corrected chi connectivity index (χ3v) is 8.71. The summed E-state index contributed by atoms with van der Waals surface area (Å²) in [7, 11) is 5.24. The van der Waals surface area contributed by atoms with E-state index in [1.54, 1.807) is 4.90 Å². The highest BCUT2D eigenvalue weighted by Gasteiger charge is 2.34. The molecule has 3 aliphatic rings. The van der Waals surface area contributed by atoms with Crippen LogP contribution in [0, 0.1) is 0 Å². The third-order valence-electron chi connectivity index (χ3n) is 8.71. The van der Waals surface area contributed by atoms with Crippen molar-refractivity contribution >= 4 is 11.9 Å². The van der Waals surface area contributed by atoms with Gasteiger partial charge in [-0.3, -0.25) is 9.69 Å². The van der Waals surface area contributed by atoms with Crippen LogP contribution in [0.4, 0.5) is 0 Å². The normalized spacial score (nSPS) is 16.9. The van der Waals surface area contributed by atoms with Crippen LogP contribution in [0.3, 0.4) is 0 Å². The van der Waals surface area contributed by atoms with E-state index in [0.717, 1.165) is 36.1 Å². The maximum atomic E-state index is 12.9. The van der Waals surface area contributed by atoms with Crippen molar-refractivity contribution < 1.29 is 33.6 Å². The van der Waals surface area contributed by atoms with Gasteiger partial charge in [-0.15, -0.1) is 0 Å². The summed E-state index contributed by atoms with van der Waals surface area (Å²) in [6, 6.07) is 19.9. The van der Waals surface area contributed by atoms with Gasteiger partial charge in [-0.1, -0.05) is 18.2 Å². The maximum absolute atomic E-state index is 12.9. The summed E-state index contributed by atoms with van der Waals surface area (Å²) in [6.45, 7) is 1.58. The average Bonchev–Trinajstić information content (AvgIpc) is 3.04. The summed E-state index contributed by atoms with van der Waals surface area (Å²) in [5.41, 5.74) is 5.32. The minimum Gasteiger partial charge on any atom is -0.504 e. The monoisotopic (exact) mass is 592 g/mol. The molecule has 0 aliphatic carbocycles. The van der Waals surface area contributed by atoms with Gasteiger partial charge >= 0.3 is 5.97 Å². The highest BCUT2D eigenvalue weighted by atomic mass is 16.6. The Labute approximate surface area is 255 Å². The minimum atomic E-state index is -0.511. The van der Waals surface area contributed by atoms with Crippen molar-refractivity contribution in [3.63, 3.8) is 0 Å². The first kappa shape index (κ1) is 27.8. The number of hydrogen-bond donors (Lipinski definition) is 1. The number of fused-ring (bicyclic) bond motifs is 5. The Kier molecular flexibility index (Phi) is 6.89. The largest absolute Gasteiger partial charge is 0.504 e. The molecular formula is C35H32N2O7. The van der Waals surface area contributed by atoms with Gasteiger partial charge in [0.2, 0.25) is 0 Å². The van der Waals surface area contributed by atoms with Crippen molar-refractivity contribution in [3.8, 4) is 40.2 Å². The molecule has 1 amide bonds. The van der Waals surface area contributed by atoms with Crippen molar-refractivity contribution in [2.45, 2.75) is 25.3 Å². The molecule has 0 bridgehead atoms. The molecule has 9 heteroatoms. The molecule has 1 N–H and O–H groups in total. The van der Waals surface area contributed by atoms with Crippen molar-refractivity contribution in [1.82, 2.24) is 9.80 Å². The lowest BCUT2D eigenvalue weighted by Gasteiger charge is -2.37. The summed E-state index contributed by atoms with van der Waals surface area (Å²) >= 11 is 0. The van der Waals surface area contributed by atoms with Crippen LogP contribution < -0.4 is 14.2 Å². The summed E-state index contributed by atoms with van der Waals surface area (Å²) in [5.74, 6) is 2.66. The van der Waals surface area contributed by atoms with Crippen LogP contribution in [0.2, 0.25) is 0 Å². The Bertz CT molecular complexity index is 1800. The van der Waals surface area contributed by atoms with E-state index < -0.39 is 5.97 Å². The average molecular weight is 593 g/mol. The number of rotatable bonds is 5. The molecule has 3 heterocycles. The number of carbonyl (C=O) groups excluding carboxylic acids is 2. The molecule has 0 aromatic heterocycles. The van der Waals surface area contributed by atoms with Crippen molar-refractivity contribution in [2.24, 2.45) is 0 Å². The van der Waals surface area contributed by atoms with Gasteiger partial charge in [-0.05, 0) is 91.5 Å². The molecule has 0 spiro atoms. The number of methoxy groups -OCH3 is 1. The second-order valence-electron chi connectivity index (χ2n) is 11.5. The number of nitrogens with zero attached hydrogens (tertiary/aromatic N) is 2. The summed E-state index contributed by atoms with van der Waals surface area (Å²) < 4.78 is 23.6. The fraction of sp³-hybridized carbons (Fsp3) is 0.257. The zero-order valence-corrected chi connectivity index (χ0v) is 24.8. The van der Waals surface area contributed by atoms with E-state index in [0.29, 0.717) is 47.3 Å². The van der Waals surface area contributed by atoms with E-state index in [-0.39, 0.29) is 29.0 Å². The van der Waals surface area contributed by atoms with E-state index in [4.69, 9.17) is 18.9 Å². The molecule has 4 aromatic carbocycles. The van der Waals surface area contributed by atoms with E-state index in [1.165, 1.54) is 30.9 Å². The van der Waals surface area contributed by atoms with Gasteiger partial charge in [0.15, 0.2) is 34.5 Å². The number of amides is 1. The molecule has 7 rings (SSSR count). The number of carbonyl (C=O) groups is 2. The highest BCUT2D eigenvalue weighted by Crippen LogP contribution is 2.52. The second-order valence-corrected chi connectivity index (χ2v) is 11.5. The second kappa shape index (κ2) is 10.9. The molecule has 1 atom stereocenters. The Morgan fingerprint density at radius 3 is 2.48 bits per heavy atom. The standard InChI is InChI=1S/C35H32N2O7/c1-36-14-12-21-7-11-28-33(44-31-19-25-22(17-30(31)43-28)13-15-37(2)34(25)39)32(21)26(36)16-20-4-8-24(9-5-20)42-29-18-23(35(40)41-3)6-10-27(29)38/h4-11,17-19,26,38H,12-16H2,1-3H3/t26-/m0/s1. The van der Waals surface area contributed by atoms with Crippen LogP contribution in [0.1, 0.15) is 49.0 Å². The fourth-order valence-corrected chi connectivity index (χ4v) is 6.20. The Hall–Kier alpha value is -5.02. The van der Waals surface area contributed by atoms with E-state index in [2.05, 4.69) is 18.0 Å². The SMILES string of the molecule is COC(=O)c1ccc(O)c(Oc2ccc(C[C@H]3c4c(ccc5c4Oc4cc6c(cc4O5)CCN(C)C6=O)CCN3C)cc2)c1. The number of likely N-dealkylation sites (N-methyl/N-ethyl adjacent to an activating group) is 2. The van der Waals surface area contributed by atoms with Gasteiger partial charge < -0.3 is 29.0 Å². The molecular weight excluding hydrogens is 560 g/mol. The first-order valence-electron chi connectivity index (χ1n) is 14.6. The smallest absolute Gasteiger partial charge is 0.337 e. The van der Waals surface area contributed by atoms with Crippen molar-refractivity contribution in [3.05, 3.63) is 100 Å². The zero-order valence-electron chi connectivity index (χ0n) is 24.8. The lowest BCUT2D eigenvalue weighted by molar-refractivity contribution is 0.0600. The Morgan fingerprint density at radius 1 is 0.909 bits per heavy atom. The molecule has 44 heavy (non-hydrogen) atoms. The Morgan fingerprint density at radius 2 is 1.68 bits per heavy atom. The van der Waals surface area contributed by atoms with Gasteiger partial charge in [0.1, 0.15) is 5.75 Å². The number of phenols is 1. The van der Waals surface area contributed by atoms with Gasteiger partial charge in [0, 0.05) is 37.3 Å². The molecule has 0 fully saturated rings. The van der Waals surface area contributed by atoms with E-state index in [9.17, 15) is 14.7 Å². The molecule has 9 nitrogen and oxygen atoms in total. The topological polar surface area (TPSA) is 97.8 Å². The number of phenolic OH excluding ortho intramolecular Hbond substituents is 1. The van der Waals surface area contributed by atoms with Crippen LogP contribution >= 0.6 is 0 Å². The van der Waals surface area contributed by atoms with E-state index in [1.807, 2.05) is 49.5 Å². The lowest BCUT2D eigenvalue weighted by atomic mass is 9.87. The summed E-state index contributed by atoms with van der Waals surface area (Å²) in [4.78, 5) is 28.8. The number of aromatic hydroxyl groups is 1. The predicted molar refractivity (Wildman–Crippen MR) is 162 cm³/mol. The minimum absolute atomic E-state index is 0.00467. The number of ether oxygens (including phenoxy) is 4. The van der Waals surface area contributed by atoms with E-state index >= 15 is 0 Å². The van der Waals surface area contributed by atoms with Crippen molar-refractivity contribution in [1.29, 1.82) is 0 Å². The van der Waals surface area contributed by atoms with Gasteiger partial charge in [-0.25, -0.2) is 4.79 Å². The van der Waals surface area contributed by atoms with Gasteiger partial charge in [-0.2, -0.15) is 0 Å². The van der Waals surface area contributed by atoms with Gasteiger partial charge in [0.05, 0.1) is 12.7 Å². The van der Waals surface area contributed by atoms with Gasteiger partial charge in [0.25, 0.3) is 5.91 Å². The molecule has 0 unspecified atom stereocenters. The molecule has 3 aliphatic heterocycles. The van der Waals surface area contributed by atoms with Crippen LogP contribution in [-0.4, -0.2) is 61.1 Å². The molecule has 4 aromatic rings. The predicted octanol–water partition coefficient (Wildman–Crippen LogP) is 6.27. The third kappa shape index (κ3) is 4.89. The fourth-order valence-electron chi connectivity index (χ4n) is 6.20. The zero-order chi connectivity index (χ0) is 30.5. The molecule has 224 valence electrons. The maximum Gasteiger partial charge on any atom is 0.337 e. The van der Waals surface area contributed by atoms with Crippen LogP contribution in [0.15, 0.2) is 66.7 Å². The summed E-state index contributed by atoms with van der Waals surface area (Å²) in [6.07, 6.45) is 2.39. The first-order chi connectivity index (χ1) is 21.3. The summed E-state index contributed by atoms with van der Waals surface area (Å²) in [5, 5.41) is 10.3. The van der Waals surface area contributed by atoms with Crippen LogP contribution in [-0.2, 0) is 24.0 Å². The highest BCUT2D eigenvalue weighted by molar-refractivity contribution is 5.97. The number of benzene rings is 4. The number of esters is 1. The number of hydrogen-bond acceptors (Lipinski definition) is 8. The molecule has 0 saturated carbocycles. The molecule has 0 radical (unpaired) electrons.